The van der Waals surface area contributed by atoms with Crippen molar-refractivity contribution in [2.75, 3.05) is 73.7 Å². The molecule has 1 saturated carbocycles. The Hall–Kier alpha value is -6.07. The molecule has 67 heavy (non-hydrogen) atoms. The van der Waals surface area contributed by atoms with Gasteiger partial charge in [-0.05, 0) is 99.2 Å². The number of esters is 7. The Morgan fingerprint density at radius 1 is 0.582 bits per heavy atom. The third-order valence-electron chi connectivity index (χ3n) is 10.8. The fraction of sp³-hybridized carbons (Fsp3) is 0.540. The lowest BCUT2D eigenvalue weighted by molar-refractivity contribution is -0.179. The predicted molar refractivity (Wildman–Crippen MR) is 242 cm³/mol. The van der Waals surface area contributed by atoms with Crippen molar-refractivity contribution in [1.29, 1.82) is 0 Å². The van der Waals surface area contributed by atoms with Crippen LogP contribution in [0.3, 0.4) is 0 Å². The number of methoxy groups -OCH3 is 2. The molecule has 1 aliphatic rings. The molecular formula is C50H66O17. The van der Waals surface area contributed by atoms with Crippen LogP contribution >= 0.6 is 0 Å². The summed E-state index contributed by atoms with van der Waals surface area (Å²) in [5.41, 5.74) is 0.646. The third kappa shape index (κ3) is 19.7. The van der Waals surface area contributed by atoms with Crippen LogP contribution in [0, 0.1) is 17.3 Å². The molecule has 2 aromatic rings. The van der Waals surface area contributed by atoms with Gasteiger partial charge in [0.05, 0.1) is 25.7 Å². The molecule has 0 amide bonds. The molecule has 0 N–H and O–H groups in total. The molecule has 0 saturated heterocycles. The Bertz CT molecular complexity index is 1940. The van der Waals surface area contributed by atoms with Crippen LogP contribution in [0.25, 0.3) is 11.1 Å². The van der Waals surface area contributed by atoms with E-state index in [2.05, 4.69) is 20.1 Å². The first-order chi connectivity index (χ1) is 32.1. The minimum Gasteiger partial charge on any atom is -0.492 e. The molecule has 0 unspecified atom stereocenters. The summed E-state index contributed by atoms with van der Waals surface area (Å²) >= 11 is 0. The van der Waals surface area contributed by atoms with E-state index >= 15 is 0 Å². The van der Waals surface area contributed by atoms with Gasteiger partial charge >= 0.3 is 41.8 Å². The molecule has 0 atom stereocenters. The minimum atomic E-state index is -1.76. The predicted octanol–water partition coefficient (Wildman–Crippen LogP) is 6.65. The number of ether oxygens (including phenoxy) is 10. The van der Waals surface area contributed by atoms with Crippen LogP contribution < -0.4 is 9.47 Å². The number of benzene rings is 2. The standard InChI is InChI=1S/C50H66O17/c1-8-9-10-12-36-14-16-38(17-15-36)45(53)67-41-21-18-37(19-22-41)39-20-23-42(40(29-39)13-11-24-60-43(51)34(2)3)63-30-50(31-64-44(52)35(4)5,32-65-48(56)46(54)61-27-25-58-6)33-66-49(57)47(55)62-28-26-59-7/h18-23,29,36,38H,2,4,8-17,24-28,30-33H2,1,3,5-7H3. The van der Waals surface area contributed by atoms with Crippen molar-refractivity contribution in [2.24, 2.45) is 17.3 Å². The monoisotopic (exact) mass is 938 g/mol. The van der Waals surface area contributed by atoms with Gasteiger partial charge in [0.2, 0.25) is 0 Å². The Morgan fingerprint density at radius 3 is 1.63 bits per heavy atom. The van der Waals surface area contributed by atoms with E-state index in [1.165, 1.54) is 53.8 Å². The molecule has 0 bridgehead atoms. The van der Waals surface area contributed by atoms with Crippen LogP contribution in [0.4, 0.5) is 0 Å². The van der Waals surface area contributed by atoms with Crippen molar-refractivity contribution in [3.63, 3.8) is 0 Å². The van der Waals surface area contributed by atoms with Gasteiger partial charge in [-0.1, -0.05) is 64.0 Å². The highest BCUT2D eigenvalue weighted by atomic mass is 16.6. The molecule has 0 spiro atoms. The summed E-state index contributed by atoms with van der Waals surface area (Å²) in [6.45, 7) is 9.27. The summed E-state index contributed by atoms with van der Waals surface area (Å²) in [6, 6.07) is 12.4. The smallest absolute Gasteiger partial charge is 0.417 e. The van der Waals surface area contributed by atoms with E-state index < -0.39 is 67.7 Å². The molecule has 1 aliphatic carbocycles. The number of hydrogen-bond donors (Lipinski definition) is 0. The highest BCUT2D eigenvalue weighted by Gasteiger charge is 2.39. The Kier molecular flexibility index (Phi) is 24.4. The van der Waals surface area contributed by atoms with Crippen LogP contribution in [0.2, 0.25) is 0 Å². The average Bonchev–Trinajstić information content (AvgIpc) is 3.32. The van der Waals surface area contributed by atoms with Gasteiger partial charge in [0, 0.05) is 25.4 Å². The first kappa shape index (κ1) is 55.3. The molecule has 3 rings (SSSR count). The second-order valence-corrected chi connectivity index (χ2v) is 16.6. The molecule has 1 fully saturated rings. The second kappa shape index (κ2) is 29.5. The molecular weight excluding hydrogens is 873 g/mol. The maximum atomic E-state index is 13.1. The molecule has 0 radical (unpaired) electrons. The summed E-state index contributed by atoms with van der Waals surface area (Å²) in [4.78, 5) is 88.4. The normalized spacial score (nSPS) is 14.5. The largest absolute Gasteiger partial charge is 0.492 e. The van der Waals surface area contributed by atoms with Gasteiger partial charge in [-0.15, -0.1) is 0 Å². The van der Waals surface area contributed by atoms with Crippen molar-refractivity contribution >= 4 is 41.8 Å². The van der Waals surface area contributed by atoms with Crippen LogP contribution in [0.15, 0.2) is 66.8 Å². The van der Waals surface area contributed by atoms with Crippen LogP contribution in [0.1, 0.15) is 84.1 Å². The first-order valence-corrected chi connectivity index (χ1v) is 22.5. The third-order valence-corrected chi connectivity index (χ3v) is 10.8. The molecule has 0 aliphatic heterocycles. The van der Waals surface area contributed by atoms with Crippen molar-refractivity contribution in [3.05, 3.63) is 72.3 Å². The number of aryl methyl sites for hydroxylation is 1. The summed E-state index contributed by atoms with van der Waals surface area (Å²) in [5, 5.41) is 0. The first-order valence-electron chi connectivity index (χ1n) is 22.5. The van der Waals surface area contributed by atoms with Crippen molar-refractivity contribution in [1.82, 2.24) is 0 Å². The lowest BCUT2D eigenvalue weighted by Crippen LogP contribution is -2.45. The number of carbonyl (C=O) groups is 7. The van der Waals surface area contributed by atoms with Gasteiger partial charge in [-0.3, -0.25) is 4.79 Å². The molecule has 2 aromatic carbocycles. The van der Waals surface area contributed by atoms with Gasteiger partial charge in [0.25, 0.3) is 0 Å². The maximum Gasteiger partial charge on any atom is 0.417 e. The lowest BCUT2D eigenvalue weighted by Gasteiger charge is -2.32. The van der Waals surface area contributed by atoms with Gasteiger partial charge in [-0.2, -0.15) is 0 Å². The van der Waals surface area contributed by atoms with Crippen LogP contribution in [0.5, 0.6) is 11.5 Å². The number of rotatable bonds is 28. The fourth-order valence-corrected chi connectivity index (χ4v) is 6.86. The zero-order chi connectivity index (χ0) is 49.2. The van der Waals surface area contributed by atoms with Crippen LogP contribution in [-0.4, -0.2) is 115 Å². The van der Waals surface area contributed by atoms with E-state index in [4.69, 9.17) is 47.4 Å². The quantitative estimate of drug-likeness (QED) is 0.0218. The topological polar surface area (TPSA) is 212 Å². The molecule has 368 valence electrons. The zero-order valence-electron chi connectivity index (χ0n) is 39.5. The summed E-state index contributed by atoms with van der Waals surface area (Å²) in [5.74, 6) is -5.93. The number of unbranched alkanes of at least 4 members (excludes halogenated alkanes) is 2. The molecule has 17 heteroatoms. The van der Waals surface area contributed by atoms with Crippen molar-refractivity contribution in [2.45, 2.75) is 85.0 Å². The SMILES string of the molecule is C=C(C)C(=O)OCCCc1cc(-c2ccc(OC(=O)C3CCC(CCCCC)CC3)cc2)ccc1OCC(COC(=O)C(=C)C)(COC(=O)C(=O)OCCOC)COC(=O)C(=O)OCCOC. The maximum absolute atomic E-state index is 13.1. The number of hydrogen-bond acceptors (Lipinski definition) is 17. The van der Waals surface area contributed by atoms with Gasteiger partial charge in [0.1, 0.15) is 56.6 Å². The minimum absolute atomic E-state index is 0.00233. The van der Waals surface area contributed by atoms with Gasteiger partial charge in [-0.25, -0.2) is 28.8 Å². The summed E-state index contributed by atoms with van der Waals surface area (Å²) < 4.78 is 53.0. The lowest BCUT2D eigenvalue weighted by atomic mass is 9.80. The van der Waals surface area contributed by atoms with Crippen molar-refractivity contribution < 1.29 is 80.9 Å². The Labute approximate surface area is 392 Å². The molecule has 0 heterocycles. The van der Waals surface area contributed by atoms with Gasteiger partial charge in [0.15, 0.2) is 0 Å². The number of carbonyl (C=O) groups excluding carboxylic acids is 7. The van der Waals surface area contributed by atoms with E-state index in [0.29, 0.717) is 30.1 Å². The van der Waals surface area contributed by atoms with Crippen LogP contribution in [-0.2, 0) is 77.9 Å². The summed E-state index contributed by atoms with van der Waals surface area (Å²) in [6.07, 6.45) is 9.23. The summed E-state index contributed by atoms with van der Waals surface area (Å²) in [7, 11) is 2.74. The van der Waals surface area contributed by atoms with E-state index in [0.717, 1.165) is 36.8 Å². The van der Waals surface area contributed by atoms with E-state index in [1.807, 2.05) is 18.2 Å². The Morgan fingerprint density at radius 2 is 1.09 bits per heavy atom. The zero-order valence-corrected chi connectivity index (χ0v) is 39.5. The second-order valence-electron chi connectivity index (χ2n) is 16.6. The molecule has 17 nitrogen and oxygen atoms in total. The highest BCUT2D eigenvalue weighted by Crippen LogP contribution is 2.34. The van der Waals surface area contributed by atoms with Gasteiger partial charge < -0.3 is 47.4 Å². The highest BCUT2D eigenvalue weighted by molar-refractivity contribution is 6.30. The fourth-order valence-electron chi connectivity index (χ4n) is 6.86. The van der Waals surface area contributed by atoms with Crippen molar-refractivity contribution in [3.8, 4) is 22.6 Å². The van der Waals surface area contributed by atoms with E-state index in [9.17, 15) is 33.6 Å². The van der Waals surface area contributed by atoms with E-state index in [-0.39, 0.29) is 61.8 Å². The molecule has 0 aromatic heterocycles. The Balaban J connectivity index is 1.92. The average molecular weight is 939 g/mol. The van der Waals surface area contributed by atoms with E-state index in [1.54, 1.807) is 24.3 Å².